The van der Waals surface area contributed by atoms with Crippen LogP contribution in [-0.2, 0) is 17.1 Å². The first kappa shape index (κ1) is 14.5. The number of methoxy groups -OCH3 is 1. The fourth-order valence-electron chi connectivity index (χ4n) is 3.40. The quantitative estimate of drug-likeness (QED) is 0.656. The van der Waals surface area contributed by atoms with E-state index in [9.17, 15) is 12.8 Å². The van der Waals surface area contributed by atoms with Gasteiger partial charge in [0, 0.05) is 38.0 Å². The van der Waals surface area contributed by atoms with Crippen molar-refractivity contribution in [2.75, 3.05) is 20.1 Å². The smallest absolute Gasteiger partial charge is 0.250 e. The maximum absolute atomic E-state index is 14.5. The molecule has 3 aromatic rings. The molecule has 11 heteroatoms. The standard InChI is InChI=1S/C16H19FN6O3S/c1-21-16(26-2)14(8-19-21)27(24,25)22-5-3-11(4-6-22)12-9-23-15(7-13(12)17)18-10-20-23/h7-11H,3-6H2,1-2H3/i2D3. The molecule has 9 nitrogen and oxygen atoms in total. The minimum Gasteiger partial charge on any atom is -0.480 e. The predicted molar refractivity (Wildman–Crippen MR) is 93.4 cm³/mol. The molecule has 0 bridgehead atoms. The number of sulfonamides is 1. The van der Waals surface area contributed by atoms with E-state index in [0.717, 1.165) is 10.9 Å². The van der Waals surface area contributed by atoms with Crippen molar-refractivity contribution >= 4 is 15.7 Å². The summed E-state index contributed by atoms with van der Waals surface area (Å²) in [6.45, 7) is 0.286. The van der Waals surface area contributed by atoms with Crippen molar-refractivity contribution in [2.24, 2.45) is 7.05 Å². The van der Waals surface area contributed by atoms with Crippen LogP contribution < -0.4 is 4.74 Å². The maximum atomic E-state index is 14.5. The highest BCUT2D eigenvalue weighted by Gasteiger charge is 2.34. The number of fused-ring (bicyclic) bond motifs is 1. The van der Waals surface area contributed by atoms with Crippen molar-refractivity contribution in [3.63, 3.8) is 0 Å². The molecule has 0 atom stereocenters. The van der Waals surface area contributed by atoms with Crippen molar-refractivity contribution in [2.45, 2.75) is 23.7 Å². The second kappa shape index (κ2) is 6.57. The van der Waals surface area contributed by atoms with E-state index in [1.807, 2.05) is 0 Å². The average Bonchev–Trinajstić information content (AvgIpc) is 3.26. The Morgan fingerprint density at radius 1 is 1.33 bits per heavy atom. The molecule has 4 rings (SSSR count). The highest BCUT2D eigenvalue weighted by atomic mass is 32.2. The first-order valence-electron chi connectivity index (χ1n) is 9.76. The summed E-state index contributed by atoms with van der Waals surface area (Å²) in [6, 6.07) is 1.31. The number of halogens is 1. The molecule has 3 aromatic heterocycles. The van der Waals surface area contributed by atoms with E-state index < -0.39 is 22.9 Å². The van der Waals surface area contributed by atoms with Gasteiger partial charge in [0.1, 0.15) is 12.1 Å². The van der Waals surface area contributed by atoms with Crippen molar-refractivity contribution in [1.29, 1.82) is 0 Å². The molecular weight excluding hydrogens is 375 g/mol. The molecule has 0 unspecified atom stereocenters. The lowest BCUT2D eigenvalue weighted by Gasteiger charge is -2.31. The van der Waals surface area contributed by atoms with Crippen LogP contribution in [0.3, 0.4) is 0 Å². The van der Waals surface area contributed by atoms with Crippen LogP contribution in [0, 0.1) is 5.82 Å². The molecule has 0 saturated carbocycles. The summed E-state index contributed by atoms with van der Waals surface area (Å²) in [4.78, 5) is 3.63. The van der Waals surface area contributed by atoms with E-state index >= 15 is 0 Å². The lowest BCUT2D eigenvalue weighted by atomic mass is 9.91. The zero-order chi connectivity index (χ0) is 21.7. The molecule has 0 spiro atoms. The Bertz CT molecular complexity index is 1180. The molecule has 144 valence electrons. The van der Waals surface area contributed by atoms with Gasteiger partial charge in [0.25, 0.3) is 0 Å². The van der Waals surface area contributed by atoms with E-state index in [-0.39, 0.29) is 29.8 Å². The largest absolute Gasteiger partial charge is 0.480 e. The van der Waals surface area contributed by atoms with Gasteiger partial charge in [-0.05, 0) is 18.8 Å². The fraction of sp³-hybridized carbons (Fsp3) is 0.438. The van der Waals surface area contributed by atoms with Gasteiger partial charge in [-0.1, -0.05) is 0 Å². The van der Waals surface area contributed by atoms with Gasteiger partial charge >= 0.3 is 0 Å². The Kier molecular flexibility index (Phi) is 3.53. The highest BCUT2D eigenvalue weighted by Crippen LogP contribution is 2.34. The Balaban J connectivity index is 1.54. The van der Waals surface area contributed by atoms with Crippen LogP contribution in [-0.4, -0.2) is 57.2 Å². The molecule has 1 saturated heterocycles. The molecule has 1 fully saturated rings. The third-order valence-corrected chi connectivity index (χ3v) is 6.74. The molecule has 0 N–H and O–H groups in total. The number of hydrogen-bond donors (Lipinski definition) is 0. The summed E-state index contributed by atoms with van der Waals surface area (Å²) in [5.41, 5.74) is 0.854. The Morgan fingerprint density at radius 2 is 2.11 bits per heavy atom. The van der Waals surface area contributed by atoms with Crippen LogP contribution >= 0.6 is 0 Å². The molecule has 1 aliphatic rings. The predicted octanol–water partition coefficient (Wildman–Crippen LogP) is 1.18. The number of nitrogens with zero attached hydrogens (tertiary/aromatic N) is 6. The van der Waals surface area contributed by atoms with Gasteiger partial charge in [0.2, 0.25) is 15.9 Å². The monoisotopic (exact) mass is 397 g/mol. The van der Waals surface area contributed by atoms with Crippen LogP contribution in [0.2, 0.25) is 0 Å². The average molecular weight is 397 g/mol. The molecule has 0 radical (unpaired) electrons. The number of ether oxygens (including phenoxy) is 1. The number of piperidine rings is 1. The zero-order valence-corrected chi connectivity index (χ0v) is 15.2. The lowest BCUT2D eigenvalue weighted by molar-refractivity contribution is 0.312. The zero-order valence-electron chi connectivity index (χ0n) is 17.4. The van der Waals surface area contributed by atoms with Gasteiger partial charge in [-0.15, -0.1) is 0 Å². The second-order valence-corrected chi connectivity index (χ2v) is 8.26. The topological polar surface area (TPSA) is 94.6 Å². The van der Waals surface area contributed by atoms with Crippen molar-refractivity contribution in [1.82, 2.24) is 28.7 Å². The molecule has 0 aromatic carbocycles. The van der Waals surface area contributed by atoms with Crippen LogP contribution in [0.4, 0.5) is 4.39 Å². The van der Waals surface area contributed by atoms with E-state index in [2.05, 4.69) is 15.2 Å². The minimum atomic E-state index is -4.03. The summed E-state index contributed by atoms with van der Waals surface area (Å²) in [6.07, 6.45) is 4.77. The van der Waals surface area contributed by atoms with E-state index in [1.165, 1.54) is 28.3 Å². The molecule has 27 heavy (non-hydrogen) atoms. The van der Waals surface area contributed by atoms with Gasteiger partial charge in [-0.25, -0.2) is 27.0 Å². The van der Waals surface area contributed by atoms with Crippen LogP contribution in [0.5, 0.6) is 5.88 Å². The third-order valence-electron chi connectivity index (χ3n) is 4.85. The highest BCUT2D eigenvalue weighted by molar-refractivity contribution is 7.89. The van der Waals surface area contributed by atoms with Gasteiger partial charge in [0.05, 0.1) is 17.3 Å². The first-order valence-corrected chi connectivity index (χ1v) is 9.70. The van der Waals surface area contributed by atoms with Crippen LogP contribution in [0.25, 0.3) is 5.65 Å². The Labute approximate surface area is 159 Å². The molecule has 4 heterocycles. The van der Waals surface area contributed by atoms with E-state index in [1.54, 1.807) is 6.20 Å². The normalized spacial score (nSPS) is 19.0. The summed E-state index contributed by atoms with van der Waals surface area (Å²) in [5.74, 6) is -0.936. The van der Waals surface area contributed by atoms with Gasteiger partial charge in [-0.2, -0.15) is 14.5 Å². The lowest BCUT2D eigenvalue weighted by Crippen LogP contribution is -2.38. The number of hydrogen-bond acceptors (Lipinski definition) is 6. The number of aromatic nitrogens is 5. The summed E-state index contributed by atoms with van der Waals surface area (Å²) in [5, 5.41) is 7.84. The van der Waals surface area contributed by atoms with Crippen molar-refractivity contribution in [3.8, 4) is 5.88 Å². The Morgan fingerprint density at radius 3 is 2.85 bits per heavy atom. The summed E-state index contributed by atoms with van der Waals surface area (Å²) >= 11 is 0. The maximum Gasteiger partial charge on any atom is 0.250 e. The number of pyridine rings is 1. The summed E-state index contributed by atoms with van der Waals surface area (Å²) < 4.78 is 71.0. The SMILES string of the molecule is [2H]C([2H])([2H])Oc1c(S(=O)(=O)N2CCC(c3cn4ncnc4cc3F)CC2)cnn1C. The second-order valence-electron chi connectivity index (χ2n) is 6.36. The van der Waals surface area contributed by atoms with Crippen LogP contribution in [0.1, 0.15) is 28.4 Å². The van der Waals surface area contributed by atoms with Crippen molar-refractivity contribution in [3.05, 3.63) is 36.2 Å². The van der Waals surface area contributed by atoms with Gasteiger partial charge in [-0.3, -0.25) is 0 Å². The first-order chi connectivity index (χ1) is 14.1. The molecule has 0 amide bonds. The molecule has 0 aliphatic carbocycles. The Hall–Kier alpha value is -2.53. The van der Waals surface area contributed by atoms with Gasteiger partial charge < -0.3 is 4.74 Å². The van der Waals surface area contributed by atoms with E-state index in [4.69, 9.17) is 8.85 Å². The summed E-state index contributed by atoms with van der Waals surface area (Å²) in [7, 11) is -5.45. The molecular formula is C16H19FN6O3S. The minimum absolute atomic E-state index is 0.143. The van der Waals surface area contributed by atoms with Crippen molar-refractivity contribution < 1.29 is 21.7 Å². The fourth-order valence-corrected chi connectivity index (χ4v) is 4.94. The number of aryl methyl sites for hydroxylation is 1. The van der Waals surface area contributed by atoms with Gasteiger partial charge in [0.15, 0.2) is 10.5 Å². The van der Waals surface area contributed by atoms with E-state index in [0.29, 0.717) is 24.1 Å². The third kappa shape index (κ3) is 2.96. The number of rotatable bonds is 4. The molecule has 1 aliphatic heterocycles. The van der Waals surface area contributed by atoms with Crippen LogP contribution in [0.15, 0.2) is 29.7 Å².